The van der Waals surface area contributed by atoms with Crippen molar-refractivity contribution in [2.24, 2.45) is 5.73 Å². The zero-order valence-corrected chi connectivity index (χ0v) is 11.4. The normalized spacial score (nSPS) is 10.7. The van der Waals surface area contributed by atoms with E-state index >= 15 is 0 Å². The van der Waals surface area contributed by atoms with Crippen LogP contribution in [0.2, 0.25) is 5.02 Å². The molecule has 3 nitrogen and oxygen atoms in total. The van der Waals surface area contributed by atoms with Gasteiger partial charge >= 0.3 is 0 Å². The summed E-state index contributed by atoms with van der Waals surface area (Å²) in [5.74, 6) is 0. The van der Waals surface area contributed by atoms with Gasteiger partial charge in [-0.15, -0.1) is 10.2 Å². The summed E-state index contributed by atoms with van der Waals surface area (Å²) < 4.78 is 0.863. The molecule has 2 rings (SSSR count). The number of halogens is 2. The second kappa shape index (κ2) is 5.23. The van der Waals surface area contributed by atoms with E-state index in [1.807, 2.05) is 18.2 Å². The van der Waals surface area contributed by atoms with Gasteiger partial charge in [0.25, 0.3) is 0 Å². The van der Waals surface area contributed by atoms with Gasteiger partial charge in [-0.05, 0) is 28.5 Å². The predicted molar refractivity (Wildman–Crippen MR) is 70.8 cm³/mol. The van der Waals surface area contributed by atoms with Crippen LogP contribution in [0.3, 0.4) is 0 Å². The number of hydrogen-bond donors (Lipinski definition) is 1. The monoisotopic (exact) mass is 317 g/mol. The first-order chi connectivity index (χ1) is 7.72. The Morgan fingerprint density at radius 3 is 2.94 bits per heavy atom. The molecule has 1 aromatic carbocycles. The summed E-state index contributed by atoms with van der Waals surface area (Å²) in [4.78, 5) is 0. The van der Waals surface area contributed by atoms with E-state index in [4.69, 9.17) is 17.3 Å². The zero-order chi connectivity index (χ0) is 11.5. The molecule has 0 atom stereocenters. The minimum absolute atomic E-state index is 0.584. The lowest BCUT2D eigenvalue weighted by molar-refractivity contribution is 0.913. The highest BCUT2D eigenvalue weighted by molar-refractivity contribution is 9.10. The average molecular weight is 319 g/mol. The molecule has 0 unspecified atom stereocenters. The van der Waals surface area contributed by atoms with Crippen molar-refractivity contribution in [3.05, 3.63) is 32.7 Å². The summed E-state index contributed by atoms with van der Waals surface area (Å²) in [5, 5.41) is 10.6. The van der Waals surface area contributed by atoms with E-state index < -0.39 is 0 Å². The zero-order valence-electron chi connectivity index (χ0n) is 8.28. The Hall–Kier alpha value is -0.490. The van der Waals surface area contributed by atoms with Gasteiger partial charge in [-0.25, -0.2) is 0 Å². The van der Waals surface area contributed by atoms with Crippen LogP contribution >= 0.6 is 38.9 Å². The number of rotatable bonds is 3. The van der Waals surface area contributed by atoms with E-state index in [1.165, 1.54) is 11.3 Å². The average Bonchev–Trinajstić information content (AvgIpc) is 2.71. The van der Waals surface area contributed by atoms with E-state index in [1.54, 1.807) is 0 Å². The van der Waals surface area contributed by atoms with Gasteiger partial charge in [0.2, 0.25) is 0 Å². The lowest BCUT2D eigenvalue weighted by Gasteiger charge is -2.00. The SMILES string of the molecule is NCCc1nnc(-c2cccc(Br)c2Cl)s1. The molecule has 16 heavy (non-hydrogen) atoms. The fraction of sp³-hybridized carbons (Fsp3) is 0.200. The first kappa shape index (κ1) is 12.0. The van der Waals surface area contributed by atoms with Gasteiger partial charge in [0.15, 0.2) is 0 Å². The smallest absolute Gasteiger partial charge is 0.149 e. The maximum atomic E-state index is 6.18. The second-order valence-electron chi connectivity index (χ2n) is 3.14. The highest BCUT2D eigenvalue weighted by Gasteiger charge is 2.11. The lowest BCUT2D eigenvalue weighted by Crippen LogP contribution is -2.01. The number of benzene rings is 1. The Morgan fingerprint density at radius 1 is 1.38 bits per heavy atom. The van der Waals surface area contributed by atoms with E-state index in [0.29, 0.717) is 11.6 Å². The standard InChI is InChI=1S/C10H9BrClN3S/c11-7-3-1-2-6(9(7)12)10-15-14-8(16-10)4-5-13/h1-3H,4-5,13H2. The highest BCUT2D eigenvalue weighted by Crippen LogP contribution is 2.34. The van der Waals surface area contributed by atoms with Crippen LogP contribution in [0.4, 0.5) is 0 Å². The van der Waals surface area contributed by atoms with Crippen molar-refractivity contribution >= 4 is 38.9 Å². The van der Waals surface area contributed by atoms with Gasteiger partial charge < -0.3 is 5.73 Å². The van der Waals surface area contributed by atoms with Gasteiger partial charge in [-0.1, -0.05) is 35.1 Å². The molecule has 1 heterocycles. The number of aromatic nitrogens is 2. The Kier molecular flexibility index (Phi) is 3.91. The molecule has 0 spiro atoms. The third-order valence-electron chi connectivity index (χ3n) is 2.01. The van der Waals surface area contributed by atoms with Crippen LogP contribution in [0.25, 0.3) is 10.6 Å². The van der Waals surface area contributed by atoms with Crippen LogP contribution in [-0.4, -0.2) is 16.7 Å². The third-order valence-corrected chi connectivity index (χ3v) is 4.32. The largest absolute Gasteiger partial charge is 0.330 e. The van der Waals surface area contributed by atoms with Gasteiger partial charge in [0.1, 0.15) is 10.0 Å². The first-order valence-electron chi connectivity index (χ1n) is 4.69. The van der Waals surface area contributed by atoms with Crippen LogP contribution < -0.4 is 5.73 Å². The van der Waals surface area contributed by atoms with Crippen molar-refractivity contribution in [3.8, 4) is 10.6 Å². The van der Waals surface area contributed by atoms with Crippen LogP contribution in [0, 0.1) is 0 Å². The van der Waals surface area contributed by atoms with Crippen molar-refractivity contribution in [2.45, 2.75) is 6.42 Å². The Bertz CT molecular complexity index is 501. The van der Waals surface area contributed by atoms with Crippen LogP contribution in [0.5, 0.6) is 0 Å². The molecule has 2 N–H and O–H groups in total. The third kappa shape index (κ3) is 2.43. The Labute approximate surface area is 111 Å². The highest BCUT2D eigenvalue weighted by atomic mass is 79.9. The van der Waals surface area contributed by atoms with Crippen molar-refractivity contribution in [3.63, 3.8) is 0 Å². The van der Waals surface area contributed by atoms with Gasteiger partial charge in [0, 0.05) is 16.5 Å². The van der Waals surface area contributed by atoms with Crippen molar-refractivity contribution in [2.75, 3.05) is 6.54 Å². The lowest BCUT2D eigenvalue weighted by atomic mass is 10.2. The van der Waals surface area contributed by atoms with E-state index in [9.17, 15) is 0 Å². The molecule has 0 saturated heterocycles. The maximum absolute atomic E-state index is 6.18. The molecule has 0 amide bonds. The molecule has 1 aromatic heterocycles. The second-order valence-corrected chi connectivity index (χ2v) is 5.44. The first-order valence-corrected chi connectivity index (χ1v) is 6.68. The van der Waals surface area contributed by atoms with Crippen molar-refractivity contribution < 1.29 is 0 Å². The van der Waals surface area contributed by atoms with Crippen LogP contribution in [0.1, 0.15) is 5.01 Å². The van der Waals surface area contributed by atoms with E-state index in [2.05, 4.69) is 26.1 Å². The summed E-state index contributed by atoms with van der Waals surface area (Å²) in [6, 6.07) is 5.75. The minimum atomic E-state index is 0.584. The number of hydrogen-bond acceptors (Lipinski definition) is 4. The molecule has 84 valence electrons. The summed E-state index contributed by atoms with van der Waals surface area (Å²) in [7, 11) is 0. The van der Waals surface area contributed by atoms with E-state index in [-0.39, 0.29) is 0 Å². The molecular weight excluding hydrogens is 310 g/mol. The molecule has 0 aliphatic rings. The van der Waals surface area contributed by atoms with Gasteiger partial charge in [-0.2, -0.15) is 0 Å². The molecule has 6 heteroatoms. The summed E-state index contributed by atoms with van der Waals surface area (Å²) in [6.45, 7) is 0.584. The molecule has 0 aliphatic heterocycles. The van der Waals surface area contributed by atoms with Crippen LogP contribution in [0.15, 0.2) is 22.7 Å². The summed E-state index contributed by atoms with van der Waals surface area (Å²) in [6.07, 6.45) is 0.753. The quantitative estimate of drug-likeness (QED) is 0.946. The Morgan fingerprint density at radius 2 is 2.19 bits per heavy atom. The van der Waals surface area contributed by atoms with Crippen molar-refractivity contribution in [1.82, 2.24) is 10.2 Å². The number of nitrogens with zero attached hydrogens (tertiary/aromatic N) is 2. The minimum Gasteiger partial charge on any atom is -0.330 e. The predicted octanol–water partition coefficient (Wildman–Crippen LogP) is 3.12. The van der Waals surface area contributed by atoms with Gasteiger partial charge in [-0.3, -0.25) is 0 Å². The molecule has 0 radical (unpaired) electrons. The molecule has 0 bridgehead atoms. The molecule has 0 aliphatic carbocycles. The topological polar surface area (TPSA) is 51.8 Å². The fourth-order valence-electron chi connectivity index (χ4n) is 1.26. The van der Waals surface area contributed by atoms with Crippen LogP contribution in [-0.2, 0) is 6.42 Å². The fourth-order valence-corrected chi connectivity index (χ4v) is 2.78. The molecule has 0 saturated carbocycles. The van der Waals surface area contributed by atoms with Gasteiger partial charge in [0.05, 0.1) is 5.02 Å². The molecule has 2 aromatic rings. The summed E-state index contributed by atoms with van der Waals surface area (Å²) >= 11 is 11.1. The summed E-state index contributed by atoms with van der Waals surface area (Å²) in [5.41, 5.74) is 6.37. The van der Waals surface area contributed by atoms with E-state index in [0.717, 1.165) is 26.5 Å². The van der Waals surface area contributed by atoms with Crippen molar-refractivity contribution in [1.29, 1.82) is 0 Å². The number of nitrogens with two attached hydrogens (primary N) is 1. The maximum Gasteiger partial charge on any atom is 0.149 e. The molecule has 0 fully saturated rings. The molecular formula is C10H9BrClN3S. The Balaban J connectivity index is 2.39.